The highest BCUT2D eigenvalue weighted by atomic mass is 35.5. The summed E-state index contributed by atoms with van der Waals surface area (Å²) in [5.41, 5.74) is 1.82. The fraction of sp³-hybridized carbons (Fsp3) is 0.250. The molecule has 0 aliphatic heterocycles. The third-order valence-corrected chi connectivity index (χ3v) is 3.84. The molecule has 2 heterocycles. The predicted molar refractivity (Wildman–Crippen MR) is 79.4 cm³/mol. The molecule has 0 saturated carbocycles. The minimum absolute atomic E-state index is 0.483. The molecule has 2 aromatic rings. The number of nitrogens with zero attached hydrogens (tertiary/aromatic N) is 3. The van der Waals surface area contributed by atoms with E-state index in [0.717, 1.165) is 11.4 Å². The van der Waals surface area contributed by atoms with Crippen LogP contribution in [0, 0.1) is 13.8 Å². The average Bonchev–Trinajstić information content (AvgIpc) is 2.31. The molecule has 2 aromatic heterocycles. The number of nitrogens with one attached hydrogen (secondary N) is 1. The van der Waals surface area contributed by atoms with Gasteiger partial charge in [0, 0.05) is 18.4 Å². The molecule has 0 aromatic carbocycles. The quantitative estimate of drug-likeness (QED) is 0.868. The Morgan fingerprint density at radius 3 is 2.21 bits per heavy atom. The van der Waals surface area contributed by atoms with E-state index in [4.69, 9.17) is 23.2 Å². The zero-order valence-corrected chi connectivity index (χ0v) is 13.0. The molecule has 0 atom stereocenters. The average molecular weight is 315 g/mol. The van der Waals surface area contributed by atoms with E-state index in [1.54, 1.807) is 13.1 Å². The fourth-order valence-electron chi connectivity index (χ4n) is 1.52. The summed E-state index contributed by atoms with van der Waals surface area (Å²) in [4.78, 5) is 13.0. The standard InChI is InChI=1S/C12H12Cl2N4S/c1-6-4-7(2)17-12(16-6)19-11-9(14)5-8(13)10(15-3)18-11/h4-5H,1-3H3,(H,15,18). The molecule has 0 fully saturated rings. The first kappa shape index (κ1) is 14.4. The molecule has 100 valence electrons. The lowest BCUT2D eigenvalue weighted by molar-refractivity contribution is 0.899. The van der Waals surface area contributed by atoms with E-state index < -0.39 is 0 Å². The van der Waals surface area contributed by atoms with E-state index >= 15 is 0 Å². The lowest BCUT2D eigenvalue weighted by atomic mass is 10.4. The molecular formula is C12H12Cl2N4S. The van der Waals surface area contributed by atoms with Crippen LogP contribution in [-0.2, 0) is 0 Å². The largest absolute Gasteiger partial charge is 0.372 e. The molecule has 0 aliphatic rings. The van der Waals surface area contributed by atoms with Crippen LogP contribution in [0.2, 0.25) is 10.0 Å². The van der Waals surface area contributed by atoms with E-state index in [2.05, 4.69) is 20.3 Å². The highest BCUT2D eigenvalue weighted by molar-refractivity contribution is 7.99. The van der Waals surface area contributed by atoms with Crippen LogP contribution in [0.4, 0.5) is 5.82 Å². The number of aromatic nitrogens is 3. The van der Waals surface area contributed by atoms with Gasteiger partial charge in [0.2, 0.25) is 0 Å². The first-order chi connectivity index (χ1) is 8.99. The third kappa shape index (κ3) is 3.49. The van der Waals surface area contributed by atoms with Crippen molar-refractivity contribution in [2.24, 2.45) is 0 Å². The molecule has 19 heavy (non-hydrogen) atoms. The normalized spacial score (nSPS) is 10.6. The van der Waals surface area contributed by atoms with E-state index in [1.807, 2.05) is 19.9 Å². The van der Waals surface area contributed by atoms with Crippen LogP contribution in [0.3, 0.4) is 0 Å². The Hall–Kier alpha value is -1.04. The number of aryl methyl sites for hydroxylation is 2. The Kier molecular flexibility index (Phi) is 4.50. The van der Waals surface area contributed by atoms with Crippen molar-refractivity contribution < 1.29 is 0 Å². The summed E-state index contributed by atoms with van der Waals surface area (Å²) in [6.45, 7) is 3.85. The first-order valence-electron chi connectivity index (χ1n) is 5.53. The Labute approximate surface area is 126 Å². The zero-order chi connectivity index (χ0) is 14.0. The summed E-state index contributed by atoms with van der Waals surface area (Å²) in [6.07, 6.45) is 0. The van der Waals surface area contributed by atoms with Crippen molar-refractivity contribution in [2.45, 2.75) is 24.0 Å². The summed E-state index contributed by atoms with van der Waals surface area (Å²) >= 11 is 13.5. The van der Waals surface area contributed by atoms with Gasteiger partial charge in [-0.05, 0) is 37.7 Å². The Morgan fingerprint density at radius 1 is 1.00 bits per heavy atom. The summed E-state index contributed by atoms with van der Waals surface area (Å²) in [5, 5.41) is 5.13. The number of anilines is 1. The number of halogens is 2. The van der Waals surface area contributed by atoms with Gasteiger partial charge < -0.3 is 5.32 Å². The minimum Gasteiger partial charge on any atom is -0.372 e. The molecule has 0 radical (unpaired) electrons. The number of hydrogen-bond acceptors (Lipinski definition) is 5. The van der Waals surface area contributed by atoms with Crippen LogP contribution in [-0.4, -0.2) is 22.0 Å². The molecule has 1 N–H and O–H groups in total. The lowest BCUT2D eigenvalue weighted by Gasteiger charge is -2.08. The lowest BCUT2D eigenvalue weighted by Crippen LogP contribution is -1.97. The Morgan fingerprint density at radius 2 is 1.63 bits per heavy atom. The molecule has 0 bridgehead atoms. The van der Waals surface area contributed by atoms with Crippen LogP contribution in [0.25, 0.3) is 0 Å². The fourth-order valence-corrected chi connectivity index (χ4v) is 2.94. The van der Waals surface area contributed by atoms with E-state index in [1.165, 1.54) is 11.8 Å². The highest BCUT2D eigenvalue weighted by Gasteiger charge is 2.12. The van der Waals surface area contributed by atoms with Crippen LogP contribution in [0.5, 0.6) is 0 Å². The van der Waals surface area contributed by atoms with Crippen molar-refractivity contribution >= 4 is 40.8 Å². The number of pyridine rings is 1. The maximum atomic E-state index is 6.14. The SMILES string of the molecule is CNc1nc(Sc2nc(C)cc(C)n2)c(Cl)cc1Cl. The zero-order valence-electron chi connectivity index (χ0n) is 10.7. The third-order valence-electron chi connectivity index (χ3n) is 2.28. The second kappa shape index (κ2) is 5.94. The van der Waals surface area contributed by atoms with Crippen LogP contribution >= 0.6 is 35.0 Å². The number of rotatable bonds is 3. The summed E-state index contributed by atoms with van der Waals surface area (Å²) in [7, 11) is 1.75. The first-order valence-corrected chi connectivity index (χ1v) is 7.10. The second-order valence-electron chi connectivity index (χ2n) is 3.89. The molecule has 0 aliphatic carbocycles. The van der Waals surface area contributed by atoms with Crippen molar-refractivity contribution in [2.75, 3.05) is 12.4 Å². The van der Waals surface area contributed by atoms with Crippen LogP contribution in [0.1, 0.15) is 11.4 Å². The van der Waals surface area contributed by atoms with Crippen molar-refractivity contribution in [3.05, 3.63) is 33.6 Å². The maximum Gasteiger partial charge on any atom is 0.194 e. The second-order valence-corrected chi connectivity index (χ2v) is 5.66. The molecule has 4 nitrogen and oxygen atoms in total. The molecule has 7 heteroatoms. The Balaban J connectivity index is 2.37. The maximum absolute atomic E-state index is 6.14. The van der Waals surface area contributed by atoms with Gasteiger partial charge in [-0.3, -0.25) is 0 Å². The van der Waals surface area contributed by atoms with Gasteiger partial charge in [0.25, 0.3) is 0 Å². The van der Waals surface area contributed by atoms with Gasteiger partial charge in [0.15, 0.2) is 5.16 Å². The molecular weight excluding hydrogens is 303 g/mol. The molecule has 0 unspecified atom stereocenters. The molecule has 0 amide bonds. The van der Waals surface area contributed by atoms with Gasteiger partial charge in [0.05, 0.1) is 10.0 Å². The molecule has 0 saturated heterocycles. The predicted octanol–water partition coefficient (Wildman–Crippen LogP) is 3.99. The summed E-state index contributed by atoms with van der Waals surface area (Å²) in [6, 6.07) is 3.58. The van der Waals surface area contributed by atoms with Gasteiger partial charge in [-0.2, -0.15) is 0 Å². The van der Waals surface area contributed by atoms with E-state index in [9.17, 15) is 0 Å². The smallest absolute Gasteiger partial charge is 0.194 e. The monoisotopic (exact) mass is 314 g/mol. The minimum atomic E-state index is 0.483. The van der Waals surface area contributed by atoms with Crippen molar-refractivity contribution in [3.8, 4) is 0 Å². The van der Waals surface area contributed by atoms with E-state index in [0.29, 0.717) is 26.0 Å². The van der Waals surface area contributed by atoms with Crippen molar-refractivity contribution in [1.82, 2.24) is 15.0 Å². The topological polar surface area (TPSA) is 50.7 Å². The summed E-state index contributed by atoms with van der Waals surface area (Å²) in [5.74, 6) is 0.581. The molecule has 0 spiro atoms. The van der Waals surface area contributed by atoms with E-state index in [-0.39, 0.29) is 0 Å². The van der Waals surface area contributed by atoms with Gasteiger partial charge in [-0.15, -0.1) is 0 Å². The van der Waals surface area contributed by atoms with Crippen molar-refractivity contribution in [3.63, 3.8) is 0 Å². The summed E-state index contributed by atoms with van der Waals surface area (Å²) < 4.78 is 0. The van der Waals surface area contributed by atoms with Gasteiger partial charge in [-0.1, -0.05) is 23.2 Å². The van der Waals surface area contributed by atoms with Gasteiger partial charge in [-0.25, -0.2) is 15.0 Å². The van der Waals surface area contributed by atoms with Gasteiger partial charge >= 0.3 is 0 Å². The van der Waals surface area contributed by atoms with Gasteiger partial charge in [0.1, 0.15) is 10.8 Å². The van der Waals surface area contributed by atoms with Crippen molar-refractivity contribution in [1.29, 1.82) is 0 Å². The number of hydrogen-bond donors (Lipinski definition) is 1. The van der Waals surface area contributed by atoms with Crippen LogP contribution < -0.4 is 5.32 Å². The Bertz CT molecular complexity index is 599. The molecule has 2 rings (SSSR count). The van der Waals surface area contributed by atoms with Crippen LogP contribution in [0.15, 0.2) is 22.3 Å². The highest BCUT2D eigenvalue weighted by Crippen LogP contribution is 2.34.